The molecule has 138 valence electrons. The van der Waals surface area contributed by atoms with Gasteiger partial charge < -0.3 is 24.5 Å². The number of carbonyl (C=O) groups excluding carboxylic acids is 2. The maximum Gasteiger partial charge on any atom is 0.355 e. The molecule has 1 aliphatic heterocycles. The summed E-state index contributed by atoms with van der Waals surface area (Å²) in [7, 11) is 0. The van der Waals surface area contributed by atoms with E-state index in [1.54, 1.807) is 24.3 Å². The molecule has 0 aliphatic carbocycles. The number of hydrogen-bond acceptors (Lipinski definition) is 5. The lowest BCUT2D eigenvalue weighted by Gasteiger charge is -2.19. The Morgan fingerprint density at radius 2 is 1.85 bits per heavy atom. The molecule has 1 aliphatic rings. The molecule has 0 saturated heterocycles. The fourth-order valence-electron chi connectivity index (χ4n) is 2.83. The van der Waals surface area contributed by atoms with Gasteiger partial charge in [-0.3, -0.25) is 4.79 Å². The molecule has 0 fully saturated rings. The van der Waals surface area contributed by atoms with Crippen molar-refractivity contribution < 1.29 is 23.8 Å². The van der Waals surface area contributed by atoms with Crippen molar-refractivity contribution in [3.05, 3.63) is 54.2 Å². The molecule has 27 heavy (non-hydrogen) atoms. The van der Waals surface area contributed by atoms with Gasteiger partial charge in [-0.2, -0.15) is 0 Å². The van der Waals surface area contributed by atoms with Gasteiger partial charge in [0.2, 0.25) is 0 Å². The summed E-state index contributed by atoms with van der Waals surface area (Å²) in [6, 6.07) is 14.3. The molecule has 0 saturated carbocycles. The molecule has 1 aromatic heterocycles. The van der Waals surface area contributed by atoms with Gasteiger partial charge in [0.25, 0.3) is 5.91 Å². The van der Waals surface area contributed by atoms with Crippen molar-refractivity contribution in [2.75, 3.05) is 18.5 Å². The number of aromatic amines is 1. The quantitative estimate of drug-likeness (QED) is 0.693. The smallest absolute Gasteiger partial charge is 0.355 e. The largest absolute Gasteiger partial charge is 0.486 e. The second kappa shape index (κ2) is 7.03. The van der Waals surface area contributed by atoms with Crippen LogP contribution in [-0.2, 0) is 9.53 Å². The van der Waals surface area contributed by atoms with Crippen LogP contribution in [0.3, 0.4) is 0 Å². The summed E-state index contributed by atoms with van der Waals surface area (Å²) in [6.07, 6.45) is -0.961. The number of rotatable bonds is 4. The van der Waals surface area contributed by atoms with E-state index in [4.69, 9.17) is 14.2 Å². The number of amides is 1. The van der Waals surface area contributed by atoms with Gasteiger partial charge in [0.05, 0.1) is 0 Å². The predicted octanol–water partition coefficient (Wildman–Crippen LogP) is 3.12. The van der Waals surface area contributed by atoms with Crippen molar-refractivity contribution in [1.29, 1.82) is 0 Å². The maximum atomic E-state index is 12.3. The molecule has 7 nitrogen and oxygen atoms in total. The van der Waals surface area contributed by atoms with Crippen LogP contribution in [0, 0.1) is 0 Å². The van der Waals surface area contributed by atoms with Gasteiger partial charge in [0.1, 0.15) is 18.9 Å². The van der Waals surface area contributed by atoms with Crippen LogP contribution < -0.4 is 14.8 Å². The summed E-state index contributed by atoms with van der Waals surface area (Å²) in [5, 5.41) is 3.61. The second-order valence-corrected chi connectivity index (χ2v) is 6.17. The molecule has 1 amide bonds. The van der Waals surface area contributed by atoms with Gasteiger partial charge in [-0.05, 0) is 31.2 Å². The normalized spacial score (nSPS) is 13.8. The lowest BCUT2D eigenvalue weighted by molar-refractivity contribution is -0.123. The molecule has 2 aromatic carbocycles. The zero-order valence-corrected chi connectivity index (χ0v) is 14.7. The Labute approximate surface area is 155 Å². The Morgan fingerprint density at radius 3 is 2.67 bits per heavy atom. The number of aromatic nitrogens is 1. The number of nitrogens with one attached hydrogen (secondary N) is 2. The minimum absolute atomic E-state index is 0.301. The van der Waals surface area contributed by atoms with Crippen LogP contribution in [-0.4, -0.2) is 36.2 Å². The Hall–Kier alpha value is -3.48. The number of carbonyl (C=O) groups is 2. The fourth-order valence-corrected chi connectivity index (χ4v) is 2.83. The zero-order chi connectivity index (χ0) is 18.8. The third kappa shape index (κ3) is 3.57. The number of anilines is 1. The van der Waals surface area contributed by atoms with E-state index in [1.165, 1.54) is 6.92 Å². The molecular formula is C20H18N2O5. The highest BCUT2D eigenvalue weighted by atomic mass is 16.6. The second-order valence-electron chi connectivity index (χ2n) is 6.17. The number of fused-ring (bicyclic) bond motifs is 2. The summed E-state index contributed by atoms with van der Waals surface area (Å²) >= 11 is 0. The number of benzene rings is 2. The van der Waals surface area contributed by atoms with Crippen molar-refractivity contribution in [1.82, 2.24) is 4.98 Å². The summed E-state index contributed by atoms with van der Waals surface area (Å²) in [4.78, 5) is 27.6. The van der Waals surface area contributed by atoms with E-state index in [2.05, 4.69) is 10.3 Å². The summed E-state index contributed by atoms with van der Waals surface area (Å²) in [5.41, 5.74) is 1.67. The van der Waals surface area contributed by atoms with E-state index < -0.39 is 18.0 Å². The standard InChI is InChI=1S/C20H18N2O5/c1-12(27-20(24)16-10-13-4-2-3-5-15(13)22-16)19(23)21-14-6-7-17-18(11-14)26-9-8-25-17/h2-7,10-12,22H,8-9H2,1H3,(H,21,23)/t12-/m1/s1. The van der Waals surface area contributed by atoms with Crippen LogP contribution in [0.4, 0.5) is 5.69 Å². The third-order valence-electron chi connectivity index (χ3n) is 4.21. The predicted molar refractivity (Wildman–Crippen MR) is 99.2 cm³/mol. The monoisotopic (exact) mass is 366 g/mol. The Kier molecular flexibility index (Phi) is 4.42. The first kappa shape index (κ1) is 17.0. The Balaban J connectivity index is 1.40. The van der Waals surface area contributed by atoms with Crippen LogP contribution in [0.2, 0.25) is 0 Å². The minimum Gasteiger partial charge on any atom is -0.486 e. The molecule has 0 bridgehead atoms. The van der Waals surface area contributed by atoms with Gasteiger partial charge in [0, 0.05) is 22.7 Å². The molecule has 0 radical (unpaired) electrons. The van der Waals surface area contributed by atoms with E-state index in [0.717, 1.165) is 10.9 Å². The number of ether oxygens (including phenoxy) is 3. The van der Waals surface area contributed by atoms with Crippen LogP contribution in [0.5, 0.6) is 11.5 Å². The first-order valence-electron chi connectivity index (χ1n) is 8.59. The molecule has 4 rings (SSSR count). The zero-order valence-electron chi connectivity index (χ0n) is 14.7. The summed E-state index contributed by atoms with van der Waals surface area (Å²) in [6.45, 7) is 2.48. The number of hydrogen-bond donors (Lipinski definition) is 2. The summed E-state index contributed by atoms with van der Waals surface area (Å²) in [5.74, 6) is 0.187. The highest BCUT2D eigenvalue weighted by Gasteiger charge is 2.21. The topological polar surface area (TPSA) is 89.7 Å². The number of H-pyrrole nitrogens is 1. The van der Waals surface area contributed by atoms with E-state index in [0.29, 0.717) is 36.1 Å². The van der Waals surface area contributed by atoms with E-state index in [9.17, 15) is 9.59 Å². The molecule has 7 heteroatoms. The maximum absolute atomic E-state index is 12.3. The van der Waals surface area contributed by atoms with Gasteiger partial charge in [-0.1, -0.05) is 18.2 Å². The Bertz CT molecular complexity index is 978. The highest BCUT2D eigenvalue weighted by Crippen LogP contribution is 2.32. The first-order chi connectivity index (χ1) is 13.1. The molecule has 2 N–H and O–H groups in total. The van der Waals surface area contributed by atoms with Crippen LogP contribution >= 0.6 is 0 Å². The molecule has 0 unspecified atom stereocenters. The SMILES string of the molecule is C[C@@H](OC(=O)c1cc2ccccc2[nH]1)C(=O)Nc1ccc2c(c1)OCCO2. The van der Waals surface area contributed by atoms with Gasteiger partial charge in [-0.25, -0.2) is 4.79 Å². The third-order valence-corrected chi connectivity index (χ3v) is 4.21. The average Bonchev–Trinajstić information content (AvgIpc) is 3.12. The van der Waals surface area contributed by atoms with E-state index in [1.807, 2.05) is 24.3 Å². The average molecular weight is 366 g/mol. The van der Waals surface area contributed by atoms with Crippen molar-refractivity contribution >= 4 is 28.5 Å². The fraction of sp³-hybridized carbons (Fsp3) is 0.200. The molecular weight excluding hydrogens is 348 g/mol. The summed E-state index contributed by atoms with van der Waals surface area (Å²) < 4.78 is 16.2. The Morgan fingerprint density at radius 1 is 1.07 bits per heavy atom. The van der Waals surface area contributed by atoms with Gasteiger partial charge in [0.15, 0.2) is 17.6 Å². The number of para-hydroxylation sites is 1. The highest BCUT2D eigenvalue weighted by molar-refractivity contribution is 5.99. The molecule has 1 atom stereocenters. The first-order valence-corrected chi connectivity index (χ1v) is 8.59. The van der Waals surface area contributed by atoms with Crippen LogP contribution in [0.25, 0.3) is 10.9 Å². The lowest BCUT2D eigenvalue weighted by atomic mass is 10.2. The van der Waals surface area contributed by atoms with Crippen molar-refractivity contribution in [3.63, 3.8) is 0 Å². The van der Waals surface area contributed by atoms with Crippen molar-refractivity contribution in [3.8, 4) is 11.5 Å². The van der Waals surface area contributed by atoms with Crippen molar-refractivity contribution in [2.45, 2.75) is 13.0 Å². The van der Waals surface area contributed by atoms with E-state index in [-0.39, 0.29) is 0 Å². The van der Waals surface area contributed by atoms with Gasteiger partial charge >= 0.3 is 5.97 Å². The minimum atomic E-state index is -0.961. The molecule has 3 aromatic rings. The van der Waals surface area contributed by atoms with E-state index >= 15 is 0 Å². The van der Waals surface area contributed by atoms with Crippen LogP contribution in [0.1, 0.15) is 17.4 Å². The van der Waals surface area contributed by atoms with Crippen LogP contribution in [0.15, 0.2) is 48.5 Å². The van der Waals surface area contributed by atoms with Gasteiger partial charge in [-0.15, -0.1) is 0 Å². The molecule has 2 heterocycles. The number of esters is 1. The molecule has 0 spiro atoms. The van der Waals surface area contributed by atoms with Crippen molar-refractivity contribution in [2.24, 2.45) is 0 Å². The lowest BCUT2D eigenvalue weighted by Crippen LogP contribution is -2.30.